The quantitative estimate of drug-likeness (QED) is 0.177. The summed E-state index contributed by atoms with van der Waals surface area (Å²) in [6.45, 7) is 3.62. The van der Waals surface area contributed by atoms with Gasteiger partial charge in [-0.3, -0.25) is 19.2 Å². The molecule has 0 radical (unpaired) electrons. The third-order valence-corrected chi connectivity index (χ3v) is 5.86. The van der Waals surface area contributed by atoms with Crippen LogP contribution in [0.4, 0.5) is 0 Å². The predicted molar refractivity (Wildman–Crippen MR) is 136 cm³/mol. The molecule has 0 fully saturated rings. The van der Waals surface area contributed by atoms with Gasteiger partial charge in [0.15, 0.2) is 0 Å². The van der Waals surface area contributed by atoms with Crippen molar-refractivity contribution in [3.63, 3.8) is 0 Å². The molecule has 0 saturated carbocycles. The third-order valence-electron chi connectivity index (χ3n) is 5.22. The lowest BCUT2D eigenvalue weighted by atomic mass is 10.0. The van der Waals surface area contributed by atoms with Gasteiger partial charge in [-0.15, -0.1) is 0 Å². The van der Waals surface area contributed by atoms with Crippen molar-refractivity contribution in [2.75, 3.05) is 12.0 Å². The highest BCUT2D eigenvalue weighted by atomic mass is 32.2. The molecule has 0 spiro atoms. The molecule has 200 valence electrons. The van der Waals surface area contributed by atoms with Gasteiger partial charge in [0.25, 0.3) is 0 Å². The maximum Gasteiger partial charge on any atom is 0.326 e. The van der Waals surface area contributed by atoms with Crippen molar-refractivity contribution >= 4 is 41.4 Å². The molecule has 0 aliphatic rings. The van der Waals surface area contributed by atoms with E-state index in [1.165, 1.54) is 11.8 Å². The van der Waals surface area contributed by atoms with Gasteiger partial charge in [0, 0.05) is 6.42 Å². The van der Waals surface area contributed by atoms with Crippen LogP contribution in [0.25, 0.3) is 0 Å². The molecular weight excluding hydrogens is 488 g/mol. The molecule has 7 N–H and O–H groups in total. The first-order valence-corrected chi connectivity index (χ1v) is 13.0. The summed E-state index contributed by atoms with van der Waals surface area (Å²) in [5.41, 5.74) is 6.53. The summed E-state index contributed by atoms with van der Waals surface area (Å²) in [5, 5.41) is 26.1. The molecule has 0 aliphatic carbocycles. The second kappa shape index (κ2) is 15.8. The standard InChI is InChI=1S/C24H36N4O7S/c1-14(2)11-17(22(32)28-19(24(34)35)12-15-7-5-4-6-8-15)27-23(33)18(13-20(29)30)26-21(31)16(25)9-10-36-3/h4-8,14,16-19H,9-13,25H2,1-3H3,(H,26,31)(H,27,33)(H,28,32)(H,29,30)(H,34,35). The Kier molecular flexibility index (Phi) is 13.6. The van der Waals surface area contributed by atoms with Crippen molar-refractivity contribution in [3.8, 4) is 0 Å². The van der Waals surface area contributed by atoms with Crippen molar-refractivity contribution in [2.45, 2.75) is 63.7 Å². The van der Waals surface area contributed by atoms with Gasteiger partial charge in [-0.1, -0.05) is 44.2 Å². The lowest BCUT2D eigenvalue weighted by Crippen LogP contribution is -2.58. The zero-order valence-corrected chi connectivity index (χ0v) is 21.5. The first-order chi connectivity index (χ1) is 16.9. The van der Waals surface area contributed by atoms with Gasteiger partial charge >= 0.3 is 11.9 Å². The number of aliphatic carboxylic acids is 2. The molecule has 0 saturated heterocycles. The lowest BCUT2D eigenvalue weighted by Gasteiger charge is -2.25. The molecule has 0 bridgehead atoms. The van der Waals surface area contributed by atoms with Gasteiger partial charge in [-0.05, 0) is 36.3 Å². The maximum absolute atomic E-state index is 13.0. The summed E-state index contributed by atoms with van der Waals surface area (Å²) in [6, 6.07) is 3.99. The SMILES string of the molecule is CSCCC(N)C(=O)NC(CC(=O)O)C(=O)NC(CC(C)C)C(=O)NC(Cc1ccccc1)C(=O)O. The Morgan fingerprint density at radius 2 is 1.44 bits per heavy atom. The number of nitrogens with two attached hydrogens (primary N) is 1. The first-order valence-electron chi connectivity index (χ1n) is 11.6. The monoisotopic (exact) mass is 524 g/mol. The Morgan fingerprint density at radius 1 is 0.889 bits per heavy atom. The van der Waals surface area contributed by atoms with Crippen LogP contribution in [-0.2, 0) is 30.4 Å². The number of benzene rings is 1. The molecule has 3 amide bonds. The highest BCUT2D eigenvalue weighted by molar-refractivity contribution is 7.98. The fourth-order valence-electron chi connectivity index (χ4n) is 3.34. The van der Waals surface area contributed by atoms with Gasteiger partial charge in [-0.2, -0.15) is 11.8 Å². The van der Waals surface area contributed by atoms with E-state index in [4.69, 9.17) is 5.73 Å². The zero-order valence-electron chi connectivity index (χ0n) is 20.7. The number of carbonyl (C=O) groups excluding carboxylic acids is 3. The Hall–Kier alpha value is -3.12. The van der Waals surface area contributed by atoms with E-state index in [9.17, 15) is 34.2 Å². The van der Waals surface area contributed by atoms with Crippen LogP contribution in [0.2, 0.25) is 0 Å². The summed E-state index contributed by atoms with van der Waals surface area (Å²) in [4.78, 5) is 61.4. The average Bonchev–Trinajstić information content (AvgIpc) is 2.80. The van der Waals surface area contributed by atoms with E-state index in [2.05, 4.69) is 16.0 Å². The van der Waals surface area contributed by atoms with E-state index in [-0.39, 0.29) is 18.8 Å². The minimum absolute atomic E-state index is 0.0376. The Balaban J connectivity index is 2.98. The van der Waals surface area contributed by atoms with E-state index in [0.717, 1.165) is 0 Å². The maximum atomic E-state index is 13.0. The van der Waals surface area contributed by atoms with E-state index in [1.807, 2.05) is 20.1 Å². The molecule has 0 aliphatic heterocycles. The van der Waals surface area contributed by atoms with E-state index in [1.54, 1.807) is 30.3 Å². The van der Waals surface area contributed by atoms with Crippen LogP contribution in [0, 0.1) is 5.92 Å². The predicted octanol–water partition coefficient (Wildman–Crippen LogP) is 0.369. The number of amides is 3. The summed E-state index contributed by atoms with van der Waals surface area (Å²) in [5.74, 6) is -4.30. The lowest BCUT2D eigenvalue weighted by molar-refractivity contribution is -0.143. The Morgan fingerprint density at radius 3 is 1.97 bits per heavy atom. The van der Waals surface area contributed by atoms with Crippen molar-refractivity contribution in [1.82, 2.24) is 16.0 Å². The second-order valence-corrected chi connectivity index (χ2v) is 9.81. The summed E-state index contributed by atoms with van der Waals surface area (Å²) >= 11 is 1.49. The van der Waals surface area contributed by atoms with E-state index >= 15 is 0 Å². The smallest absolute Gasteiger partial charge is 0.326 e. The summed E-state index contributed by atoms with van der Waals surface area (Å²) in [7, 11) is 0. The summed E-state index contributed by atoms with van der Waals surface area (Å²) < 4.78 is 0. The number of nitrogens with one attached hydrogen (secondary N) is 3. The largest absolute Gasteiger partial charge is 0.481 e. The van der Waals surface area contributed by atoms with Crippen LogP contribution in [0.3, 0.4) is 0 Å². The minimum atomic E-state index is -1.46. The number of hydrogen-bond donors (Lipinski definition) is 6. The number of thioether (sulfide) groups is 1. The fraction of sp³-hybridized carbons (Fsp3) is 0.542. The third kappa shape index (κ3) is 11.5. The molecular formula is C24H36N4O7S. The van der Waals surface area contributed by atoms with E-state index in [0.29, 0.717) is 17.7 Å². The van der Waals surface area contributed by atoms with Crippen molar-refractivity contribution in [2.24, 2.45) is 11.7 Å². The van der Waals surface area contributed by atoms with Gasteiger partial charge in [-0.25, -0.2) is 4.79 Å². The van der Waals surface area contributed by atoms with Gasteiger partial charge in [0.1, 0.15) is 18.1 Å². The van der Waals surface area contributed by atoms with E-state index < -0.39 is 60.2 Å². The van der Waals surface area contributed by atoms with Crippen LogP contribution in [0.15, 0.2) is 30.3 Å². The molecule has 11 nitrogen and oxygen atoms in total. The van der Waals surface area contributed by atoms with Crippen molar-refractivity contribution in [1.29, 1.82) is 0 Å². The molecule has 4 atom stereocenters. The summed E-state index contributed by atoms with van der Waals surface area (Å²) in [6.07, 6.45) is 1.67. The molecule has 0 aromatic heterocycles. The molecule has 1 rings (SSSR count). The molecule has 4 unspecified atom stereocenters. The van der Waals surface area contributed by atoms with Crippen molar-refractivity contribution < 1.29 is 34.2 Å². The number of carboxylic acids is 2. The number of carboxylic acid groups (broad SMARTS) is 2. The molecule has 36 heavy (non-hydrogen) atoms. The topological polar surface area (TPSA) is 188 Å². The minimum Gasteiger partial charge on any atom is -0.481 e. The highest BCUT2D eigenvalue weighted by Gasteiger charge is 2.31. The molecule has 1 aromatic carbocycles. The number of carbonyl (C=O) groups is 5. The van der Waals surface area contributed by atoms with Gasteiger partial charge in [0.05, 0.1) is 12.5 Å². The molecule has 0 heterocycles. The molecule has 1 aromatic rings. The first kappa shape index (κ1) is 30.9. The Bertz CT molecular complexity index is 898. The van der Waals surface area contributed by atoms with Crippen LogP contribution < -0.4 is 21.7 Å². The normalized spacial score (nSPS) is 14.2. The fourth-order valence-corrected chi connectivity index (χ4v) is 3.83. The van der Waals surface area contributed by atoms with Crippen LogP contribution >= 0.6 is 11.8 Å². The molecule has 12 heteroatoms. The van der Waals surface area contributed by atoms with Crippen LogP contribution in [-0.4, -0.2) is 76.0 Å². The van der Waals surface area contributed by atoms with Crippen molar-refractivity contribution in [3.05, 3.63) is 35.9 Å². The number of rotatable bonds is 16. The van der Waals surface area contributed by atoms with Gasteiger partial charge in [0.2, 0.25) is 17.7 Å². The number of hydrogen-bond acceptors (Lipinski definition) is 7. The van der Waals surface area contributed by atoms with Crippen LogP contribution in [0.5, 0.6) is 0 Å². The average molecular weight is 525 g/mol. The Labute approximate surface area is 215 Å². The van der Waals surface area contributed by atoms with Crippen LogP contribution in [0.1, 0.15) is 38.7 Å². The second-order valence-electron chi connectivity index (χ2n) is 8.83. The highest BCUT2D eigenvalue weighted by Crippen LogP contribution is 2.09. The zero-order chi connectivity index (χ0) is 27.3. The van der Waals surface area contributed by atoms with Gasteiger partial charge < -0.3 is 31.9 Å².